The molecule has 0 aromatic carbocycles. The minimum absolute atomic E-state index is 0.00676. The van der Waals surface area contributed by atoms with E-state index in [9.17, 15) is 4.79 Å². The lowest BCUT2D eigenvalue weighted by molar-refractivity contribution is 0.0939. The Balaban J connectivity index is 2.07. The molecule has 1 amide bonds. The number of carbonyl (C=O) groups is 1. The van der Waals surface area contributed by atoms with E-state index in [2.05, 4.69) is 21.9 Å². The highest BCUT2D eigenvalue weighted by atomic mass is 32.2. The molecule has 1 aromatic heterocycles. The molecular formula is C13H19N3OS. The number of aromatic nitrogens is 1. The molecule has 1 saturated carbocycles. The average molecular weight is 265 g/mol. The number of carbonyl (C=O) groups excluding carboxylic acids is 1. The molecule has 4 nitrogen and oxygen atoms in total. The van der Waals surface area contributed by atoms with Crippen molar-refractivity contribution in [3.05, 3.63) is 24.0 Å². The van der Waals surface area contributed by atoms with Gasteiger partial charge >= 0.3 is 0 Å². The summed E-state index contributed by atoms with van der Waals surface area (Å²) in [5.74, 6) is -0.00676. The zero-order valence-electron chi connectivity index (χ0n) is 10.8. The molecule has 2 N–H and O–H groups in total. The van der Waals surface area contributed by atoms with Crippen LogP contribution in [0.3, 0.4) is 0 Å². The number of nitrogens with zero attached hydrogens (tertiary/aromatic N) is 1. The largest absolute Gasteiger partial charge is 0.386 e. The van der Waals surface area contributed by atoms with Crippen LogP contribution >= 0.6 is 11.8 Å². The number of amides is 1. The van der Waals surface area contributed by atoms with Crippen molar-refractivity contribution in [1.82, 2.24) is 10.3 Å². The normalized spacial score (nSPS) is 22.8. The van der Waals surface area contributed by atoms with Gasteiger partial charge in [0.2, 0.25) is 0 Å². The summed E-state index contributed by atoms with van der Waals surface area (Å²) in [5.41, 5.74) is 1.44. The molecule has 5 heteroatoms. The third-order valence-electron chi connectivity index (χ3n) is 3.41. The third kappa shape index (κ3) is 2.77. The van der Waals surface area contributed by atoms with E-state index in [1.54, 1.807) is 25.5 Å². The van der Waals surface area contributed by atoms with E-state index in [0.29, 0.717) is 16.9 Å². The maximum Gasteiger partial charge on any atom is 0.253 e. The van der Waals surface area contributed by atoms with Gasteiger partial charge < -0.3 is 10.6 Å². The number of anilines is 1. The van der Waals surface area contributed by atoms with Gasteiger partial charge in [-0.05, 0) is 25.2 Å². The summed E-state index contributed by atoms with van der Waals surface area (Å²) in [4.78, 5) is 16.3. The molecule has 0 saturated heterocycles. The summed E-state index contributed by atoms with van der Waals surface area (Å²) in [7, 11) is 1.80. The van der Waals surface area contributed by atoms with E-state index in [1.807, 2.05) is 11.8 Å². The fourth-order valence-corrected chi connectivity index (χ4v) is 3.35. The van der Waals surface area contributed by atoms with Gasteiger partial charge in [0.1, 0.15) is 0 Å². The van der Waals surface area contributed by atoms with Crippen LogP contribution in [0.15, 0.2) is 18.5 Å². The maximum absolute atomic E-state index is 12.3. The smallest absolute Gasteiger partial charge is 0.253 e. The minimum atomic E-state index is -0.00676. The van der Waals surface area contributed by atoms with Crippen molar-refractivity contribution in [1.29, 1.82) is 0 Å². The SMILES string of the molecule is CNc1cnccc1C(=O)NC1CCCC1SC. The van der Waals surface area contributed by atoms with Gasteiger partial charge in [-0.15, -0.1) is 0 Å². The number of thioether (sulfide) groups is 1. The van der Waals surface area contributed by atoms with Crippen LogP contribution in [0, 0.1) is 0 Å². The Kier molecular flexibility index (Phi) is 4.47. The van der Waals surface area contributed by atoms with Crippen LogP contribution < -0.4 is 10.6 Å². The van der Waals surface area contributed by atoms with E-state index < -0.39 is 0 Å². The lowest BCUT2D eigenvalue weighted by Crippen LogP contribution is -2.38. The molecule has 0 aliphatic heterocycles. The molecule has 1 fully saturated rings. The predicted molar refractivity (Wildman–Crippen MR) is 76.2 cm³/mol. The lowest BCUT2D eigenvalue weighted by atomic mass is 10.2. The van der Waals surface area contributed by atoms with Crippen LogP contribution in [0.4, 0.5) is 5.69 Å². The minimum Gasteiger partial charge on any atom is -0.386 e. The summed E-state index contributed by atoms with van der Waals surface area (Å²) in [6.07, 6.45) is 8.91. The van der Waals surface area contributed by atoms with Crippen molar-refractivity contribution in [3.63, 3.8) is 0 Å². The maximum atomic E-state index is 12.3. The monoisotopic (exact) mass is 265 g/mol. The van der Waals surface area contributed by atoms with Crippen molar-refractivity contribution < 1.29 is 4.79 Å². The van der Waals surface area contributed by atoms with Gasteiger partial charge in [0, 0.05) is 24.5 Å². The third-order valence-corrected chi connectivity index (χ3v) is 4.58. The summed E-state index contributed by atoms with van der Waals surface area (Å²) < 4.78 is 0. The first-order valence-corrected chi connectivity index (χ1v) is 7.50. The number of nitrogens with one attached hydrogen (secondary N) is 2. The Morgan fingerprint density at radius 1 is 1.50 bits per heavy atom. The molecule has 1 heterocycles. The highest BCUT2D eigenvalue weighted by Gasteiger charge is 2.28. The molecule has 18 heavy (non-hydrogen) atoms. The van der Waals surface area contributed by atoms with Gasteiger partial charge in [0.05, 0.1) is 17.4 Å². The fraction of sp³-hybridized carbons (Fsp3) is 0.538. The Morgan fingerprint density at radius 3 is 3.06 bits per heavy atom. The van der Waals surface area contributed by atoms with E-state index in [1.165, 1.54) is 12.8 Å². The highest BCUT2D eigenvalue weighted by molar-refractivity contribution is 7.99. The Bertz CT molecular complexity index is 424. The molecule has 0 bridgehead atoms. The average Bonchev–Trinajstić information content (AvgIpc) is 2.85. The van der Waals surface area contributed by atoms with Gasteiger partial charge in [-0.1, -0.05) is 6.42 Å². The second kappa shape index (κ2) is 6.09. The molecule has 2 rings (SSSR count). The van der Waals surface area contributed by atoms with Crippen LogP contribution in [-0.2, 0) is 0 Å². The van der Waals surface area contributed by atoms with Gasteiger partial charge in [-0.25, -0.2) is 0 Å². The van der Waals surface area contributed by atoms with Crippen molar-refractivity contribution in [2.45, 2.75) is 30.6 Å². The van der Waals surface area contributed by atoms with E-state index in [-0.39, 0.29) is 5.91 Å². The summed E-state index contributed by atoms with van der Waals surface area (Å²) >= 11 is 1.84. The molecule has 1 aromatic rings. The van der Waals surface area contributed by atoms with Crippen LogP contribution in [0.25, 0.3) is 0 Å². The lowest BCUT2D eigenvalue weighted by Gasteiger charge is -2.19. The van der Waals surface area contributed by atoms with Crippen molar-refractivity contribution in [2.24, 2.45) is 0 Å². The first kappa shape index (κ1) is 13.2. The number of rotatable bonds is 4. The molecule has 98 valence electrons. The summed E-state index contributed by atoms with van der Waals surface area (Å²) in [5, 5.41) is 6.69. The standard InChI is InChI=1S/C13H19N3OS/c1-14-11-8-15-7-6-9(11)13(17)16-10-4-3-5-12(10)18-2/h6-8,10,12,14H,3-5H2,1-2H3,(H,16,17). The van der Waals surface area contributed by atoms with Gasteiger partial charge in [-0.2, -0.15) is 11.8 Å². The zero-order valence-corrected chi connectivity index (χ0v) is 11.6. The van der Waals surface area contributed by atoms with E-state index in [4.69, 9.17) is 0 Å². The second-order valence-corrected chi connectivity index (χ2v) is 5.53. The molecule has 1 aliphatic rings. The molecule has 0 radical (unpaired) electrons. The molecule has 0 spiro atoms. The van der Waals surface area contributed by atoms with Gasteiger partial charge in [0.15, 0.2) is 0 Å². The molecule has 2 unspecified atom stereocenters. The number of pyridine rings is 1. The van der Waals surface area contributed by atoms with Crippen molar-refractivity contribution >= 4 is 23.4 Å². The van der Waals surface area contributed by atoms with Gasteiger partial charge in [-0.3, -0.25) is 9.78 Å². The second-order valence-electron chi connectivity index (χ2n) is 4.46. The van der Waals surface area contributed by atoms with Crippen LogP contribution in [0.5, 0.6) is 0 Å². The van der Waals surface area contributed by atoms with Crippen molar-refractivity contribution in [2.75, 3.05) is 18.6 Å². The van der Waals surface area contributed by atoms with Crippen LogP contribution in [0.2, 0.25) is 0 Å². The zero-order chi connectivity index (χ0) is 13.0. The van der Waals surface area contributed by atoms with Crippen LogP contribution in [0.1, 0.15) is 29.6 Å². The first-order chi connectivity index (χ1) is 8.76. The predicted octanol–water partition coefficient (Wildman–Crippen LogP) is 2.14. The van der Waals surface area contributed by atoms with E-state index >= 15 is 0 Å². The summed E-state index contributed by atoms with van der Waals surface area (Å²) in [6, 6.07) is 2.05. The number of hydrogen-bond donors (Lipinski definition) is 2. The topological polar surface area (TPSA) is 54.0 Å². The quantitative estimate of drug-likeness (QED) is 0.876. The van der Waals surface area contributed by atoms with Crippen molar-refractivity contribution in [3.8, 4) is 0 Å². The van der Waals surface area contributed by atoms with E-state index in [0.717, 1.165) is 12.1 Å². The summed E-state index contributed by atoms with van der Waals surface area (Å²) in [6.45, 7) is 0. The van der Waals surface area contributed by atoms with Crippen LogP contribution in [-0.4, -0.2) is 35.5 Å². The molecule has 2 atom stereocenters. The Hall–Kier alpha value is -1.23. The van der Waals surface area contributed by atoms with Gasteiger partial charge in [0.25, 0.3) is 5.91 Å². The fourth-order valence-electron chi connectivity index (χ4n) is 2.41. The Labute approximate surface area is 112 Å². The highest BCUT2D eigenvalue weighted by Crippen LogP contribution is 2.28. The molecule has 1 aliphatic carbocycles. The Morgan fingerprint density at radius 2 is 2.33 bits per heavy atom. The number of hydrogen-bond acceptors (Lipinski definition) is 4. The molecular weight excluding hydrogens is 246 g/mol. The first-order valence-electron chi connectivity index (χ1n) is 6.21.